The standard InChI is InChI=1S/C14H9N3S/c15-9-11-2-1-3-13(8-11)17-6-4-12(10-17)14-16-5-7-18-14/h1-8,10H. The normalized spacial score (nSPS) is 10.2. The molecule has 0 spiro atoms. The molecule has 18 heavy (non-hydrogen) atoms. The summed E-state index contributed by atoms with van der Waals surface area (Å²) in [5, 5.41) is 11.9. The second kappa shape index (κ2) is 4.47. The molecule has 0 saturated heterocycles. The van der Waals surface area contributed by atoms with Gasteiger partial charge in [0, 0.05) is 35.2 Å². The van der Waals surface area contributed by atoms with Gasteiger partial charge in [-0.1, -0.05) is 6.07 Å². The van der Waals surface area contributed by atoms with E-state index in [1.54, 1.807) is 23.6 Å². The Labute approximate surface area is 109 Å². The highest BCUT2D eigenvalue weighted by Gasteiger charge is 2.04. The maximum atomic E-state index is 8.90. The minimum Gasteiger partial charge on any atom is -0.323 e. The Kier molecular flexibility index (Phi) is 2.67. The Bertz CT molecular complexity index is 705. The summed E-state index contributed by atoms with van der Waals surface area (Å²) in [5.74, 6) is 0. The van der Waals surface area contributed by atoms with Crippen molar-refractivity contribution in [3.63, 3.8) is 0 Å². The fourth-order valence-corrected chi connectivity index (χ4v) is 2.41. The van der Waals surface area contributed by atoms with E-state index in [0.29, 0.717) is 5.56 Å². The molecular weight excluding hydrogens is 242 g/mol. The van der Waals surface area contributed by atoms with Gasteiger partial charge in [0.2, 0.25) is 0 Å². The fraction of sp³-hybridized carbons (Fsp3) is 0. The summed E-state index contributed by atoms with van der Waals surface area (Å²) in [6.07, 6.45) is 5.80. The summed E-state index contributed by atoms with van der Waals surface area (Å²) in [6.45, 7) is 0. The van der Waals surface area contributed by atoms with E-state index in [4.69, 9.17) is 5.26 Å². The van der Waals surface area contributed by atoms with E-state index in [-0.39, 0.29) is 0 Å². The van der Waals surface area contributed by atoms with Crippen molar-refractivity contribution in [3.8, 4) is 22.3 Å². The summed E-state index contributed by atoms with van der Waals surface area (Å²) in [7, 11) is 0. The molecule has 0 atom stereocenters. The molecule has 2 aromatic heterocycles. The second-order valence-corrected chi connectivity index (χ2v) is 4.70. The van der Waals surface area contributed by atoms with Gasteiger partial charge in [-0.05, 0) is 24.3 Å². The summed E-state index contributed by atoms with van der Waals surface area (Å²) in [5.41, 5.74) is 2.74. The Hall–Kier alpha value is -2.38. The lowest BCUT2D eigenvalue weighted by molar-refractivity contribution is 1.08. The maximum Gasteiger partial charge on any atom is 0.124 e. The molecule has 0 amide bonds. The summed E-state index contributed by atoms with van der Waals surface area (Å²) in [4.78, 5) is 4.28. The van der Waals surface area contributed by atoms with Crippen molar-refractivity contribution in [1.29, 1.82) is 5.26 Å². The van der Waals surface area contributed by atoms with Gasteiger partial charge < -0.3 is 4.57 Å². The van der Waals surface area contributed by atoms with E-state index < -0.39 is 0 Å². The quantitative estimate of drug-likeness (QED) is 0.699. The van der Waals surface area contributed by atoms with Crippen LogP contribution in [0.2, 0.25) is 0 Å². The largest absolute Gasteiger partial charge is 0.323 e. The number of rotatable bonds is 2. The third-order valence-electron chi connectivity index (χ3n) is 2.65. The number of nitriles is 1. The van der Waals surface area contributed by atoms with Crippen LogP contribution in [0.1, 0.15) is 5.56 Å². The Morgan fingerprint density at radius 2 is 2.22 bits per heavy atom. The van der Waals surface area contributed by atoms with Crippen molar-refractivity contribution < 1.29 is 0 Å². The van der Waals surface area contributed by atoms with Crippen LogP contribution in [-0.2, 0) is 0 Å². The summed E-state index contributed by atoms with van der Waals surface area (Å²) in [6, 6.07) is 11.7. The molecule has 3 nitrogen and oxygen atoms in total. The van der Waals surface area contributed by atoms with Gasteiger partial charge in [-0.15, -0.1) is 11.3 Å². The Balaban J connectivity index is 2.01. The number of thiazole rings is 1. The zero-order valence-electron chi connectivity index (χ0n) is 9.45. The number of nitrogens with zero attached hydrogens (tertiary/aromatic N) is 3. The van der Waals surface area contributed by atoms with Gasteiger partial charge >= 0.3 is 0 Å². The van der Waals surface area contributed by atoms with Crippen molar-refractivity contribution in [1.82, 2.24) is 9.55 Å². The SMILES string of the molecule is N#Cc1cccc(-n2ccc(-c3nccs3)c2)c1. The van der Waals surface area contributed by atoms with Crippen LogP contribution in [0, 0.1) is 11.3 Å². The van der Waals surface area contributed by atoms with Crippen LogP contribution < -0.4 is 0 Å². The van der Waals surface area contributed by atoms with Crippen LogP contribution in [0.15, 0.2) is 54.3 Å². The molecule has 3 rings (SSSR count). The first-order chi connectivity index (χ1) is 8.86. The van der Waals surface area contributed by atoms with Crippen LogP contribution in [0.4, 0.5) is 0 Å². The van der Waals surface area contributed by atoms with Gasteiger partial charge in [0.05, 0.1) is 11.6 Å². The minimum atomic E-state index is 0.664. The molecule has 4 heteroatoms. The predicted molar refractivity (Wildman–Crippen MR) is 71.6 cm³/mol. The first-order valence-electron chi connectivity index (χ1n) is 5.45. The molecule has 0 N–H and O–H groups in total. The Morgan fingerprint density at radius 1 is 1.28 bits per heavy atom. The van der Waals surface area contributed by atoms with E-state index in [1.807, 2.05) is 46.6 Å². The van der Waals surface area contributed by atoms with Gasteiger partial charge in [-0.3, -0.25) is 0 Å². The first kappa shape index (κ1) is 10.8. The third kappa shape index (κ3) is 1.92. The van der Waals surface area contributed by atoms with Crippen LogP contribution in [-0.4, -0.2) is 9.55 Å². The highest BCUT2D eigenvalue weighted by Crippen LogP contribution is 2.23. The number of hydrogen-bond acceptors (Lipinski definition) is 3. The smallest absolute Gasteiger partial charge is 0.124 e. The number of hydrogen-bond donors (Lipinski definition) is 0. The van der Waals surface area contributed by atoms with Crippen molar-refractivity contribution in [2.45, 2.75) is 0 Å². The van der Waals surface area contributed by atoms with E-state index >= 15 is 0 Å². The zero-order chi connectivity index (χ0) is 12.4. The number of aromatic nitrogens is 2. The van der Waals surface area contributed by atoms with Crippen LogP contribution in [0.5, 0.6) is 0 Å². The van der Waals surface area contributed by atoms with E-state index in [0.717, 1.165) is 16.3 Å². The lowest BCUT2D eigenvalue weighted by Crippen LogP contribution is -1.89. The highest BCUT2D eigenvalue weighted by atomic mass is 32.1. The average molecular weight is 251 g/mol. The lowest BCUT2D eigenvalue weighted by atomic mass is 10.2. The van der Waals surface area contributed by atoms with Crippen LogP contribution in [0.25, 0.3) is 16.3 Å². The monoisotopic (exact) mass is 251 g/mol. The molecule has 0 saturated carbocycles. The second-order valence-electron chi connectivity index (χ2n) is 3.81. The molecule has 0 bridgehead atoms. The van der Waals surface area contributed by atoms with Crippen molar-refractivity contribution in [2.24, 2.45) is 0 Å². The van der Waals surface area contributed by atoms with Gasteiger partial charge in [0.25, 0.3) is 0 Å². The van der Waals surface area contributed by atoms with Crippen molar-refractivity contribution in [2.75, 3.05) is 0 Å². The minimum absolute atomic E-state index is 0.664. The van der Waals surface area contributed by atoms with Gasteiger partial charge in [0.1, 0.15) is 5.01 Å². The maximum absolute atomic E-state index is 8.90. The fourth-order valence-electron chi connectivity index (χ4n) is 1.79. The molecule has 86 valence electrons. The van der Waals surface area contributed by atoms with E-state index in [2.05, 4.69) is 11.1 Å². The van der Waals surface area contributed by atoms with Gasteiger partial charge in [0.15, 0.2) is 0 Å². The van der Waals surface area contributed by atoms with Gasteiger partial charge in [-0.2, -0.15) is 5.26 Å². The molecular formula is C14H9N3S. The zero-order valence-corrected chi connectivity index (χ0v) is 10.3. The highest BCUT2D eigenvalue weighted by molar-refractivity contribution is 7.13. The van der Waals surface area contributed by atoms with E-state index in [9.17, 15) is 0 Å². The van der Waals surface area contributed by atoms with Crippen molar-refractivity contribution in [3.05, 3.63) is 59.9 Å². The molecule has 0 fully saturated rings. The topological polar surface area (TPSA) is 41.6 Å². The summed E-state index contributed by atoms with van der Waals surface area (Å²) >= 11 is 1.62. The first-order valence-corrected chi connectivity index (χ1v) is 6.33. The molecule has 1 aromatic carbocycles. The molecule has 0 unspecified atom stereocenters. The van der Waals surface area contributed by atoms with Crippen LogP contribution in [0.3, 0.4) is 0 Å². The van der Waals surface area contributed by atoms with Crippen LogP contribution >= 0.6 is 11.3 Å². The molecule has 0 aliphatic heterocycles. The Morgan fingerprint density at radius 3 is 3.00 bits per heavy atom. The van der Waals surface area contributed by atoms with Gasteiger partial charge in [-0.25, -0.2) is 4.98 Å². The van der Waals surface area contributed by atoms with E-state index in [1.165, 1.54) is 0 Å². The molecule has 3 aromatic rings. The predicted octanol–water partition coefficient (Wildman–Crippen LogP) is 3.47. The molecule has 2 heterocycles. The molecule has 0 radical (unpaired) electrons. The molecule has 0 aliphatic rings. The molecule has 0 aliphatic carbocycles. The third-order valence-corrected chi connectivity index (χ3v) is 3.47. The summed E-state index contributed by atoms with van der Waals surface area (Å²) < 4.78 is 2.00. The lowest BCUT2D eigenvalue weighted by Gasteiger charge is -2.02. The number of benzene rings is 1. The average Bonchev–Trinajstić information content (AvgIpc) is 3.09. The van der Waals surface area contributed by atoms with Crippen molar-refractivity contribution >= 4 is 11.3 Å².